The maximum absolute atomic E-state index is 13.3. The molecule has 4 aromatic rings. The molecule has 0 aliphatic carbocycles. The minimum absolute atomic E-state index is 0.0581. The second-order valence-electron chi connectivity index (χ2n) is 5.72. The van der Waals surface area contributed by atoms with Crippen molar-refractivity contribution in [3.8, 4) is 11.3 Å². The first kappa shape index (κ1) is 17.6. The number of carbonyl (C=O) groups excluding carboxylic acids is 1. The molecule has 1 aromatic carbocycles. The molecular formula is C18H11F3N6O. The summed E-state index contributed by atoms with van der Waals surface area (Å²) < 4.78 is 41.1. The quantitative estimate of drug-likeness (QED) is 0.585. The molecule has 0 saturated heterocycles. The molecule has 0 spiro atoms. The van der Waals surface area contributed by atoms with Crippen LogP contribution in [0, 0.1) is 0 Å². The van der Waals surface area contributed by atoms with E-state index in [0.29, 0.717) is 0 Å². The lowest BCUT2D eigenvalue weighted by Crippen LogP contribution is -2.17. The van der Waals surface area contributed by atoms with E-state index in [1.807, 2.05) is 0 Å². The fourth-order valence-corrected chi connectivity index (χ4v) is 2.70. The molecule has 0 saturated carbocycles. The van der Waals surface area contributed by atoms with Gasteiger partial charge in [-0.05, 0) is 18.2 Å². The monoisotopic (exact) mass is 384 g/mol. The number of amides is 1. The third-order valence-electron chi connectivity index (χ3n) is 3.92. The van der Waals surface area contributed by atoms with Crippen molar-refractivity contribution in [2.24, 2.45) is 0 Å². The Morgan fingerprint density at radius 3 is 2.61 bits per heavy atom. The van der Waals surface area contributed by atoms with Gasteiger partial charge in [-0.2, -0.15) is 18.3 Å². The molecule has 0 fully saturated rings. The fourth-order valence-electron chi connectivity index (χ4n) is 2.70. The lowest BCUT2D eigenvalue weighted by atomic mass is 10.0. The predicted octanol–water partition coefficient (Wildman–Crippen LogP) is 3.46. The Kier molecular flexibility index (Phi) is 4.22. The zero-order valence-corrected chi connectivity index (χ0v) is 14.1. The Morgan fingerprint density at radius 2 is 1.86 bits per heavy atom. The van der Waals surface area contributed by atoms with Gasteiger partial charge in [-0.25, -0.2) is 19.5 Å². The number of halogens is 3. The normalized spacial score (nSPS) is 11.5. The van der Waals surface area contributed by atoms with Crippen molar-refractivity contribution in [2.75, 3.05) is 5.32 Å². The molecule has 0 aliphatic rings. The van der Waals surface area contributed by atoms with Crippen molar-refractivity contribution in [2.45, 2.75) is 6.18 Å². The van der Waals surface area contributed by atoms with Crippen molar-refractivity contribution in [3.63, 3.8) is 0 Å². The topological polar surface area (TPSA) is 85.1 Å². The Labute approximate surface area is 155 Å². The SMILES string of the molecule is O=C(Nc1ccncn1)c1ccnc2cc(-c3ccccc3C(F)(F)F)nn12. The van der Waals surface area contributed by atoms with E-state index in [1.165, 1.54) is 59.6 Å². The summed E-state index contributed by atoms with van der Waals surface area (Å²) >= 11 is 0. The summed E-state index contributed by atoms with van der Waals surface area (Å²) in [5, 5.41) is 6.76. The lowest BCUT2D eigenvalue weighted by molar-refractivity contribution is -0.137. The van der Waals surface area contributed by atoms with Crippen molar-refractivity contribution in [1.82, 2.24) is 24.6 Å². The van der Waals surface area contributed by atoms with Gasteiger partial charge in [0.25, 0.3) is 5.91 Å². The van der Waals surface area contributed by atoms with E-state index >= 15 is 0 Å². The first-order valence-corrected chi connectivity index (χ1v) is 8.02. The smallest absolute Gasteiger partial charge is 0.305 e. The van der Waals surface area contributed by atoms with Crippen molar-refractivity contribution in [1.29, 1.82) is 0 Å². The molecule has 0 bridgehead atoms. The molecule has 0 radical (unpaired) electrons. The van der Waals surface area contributed by atoms with Crippen LogP contribution in [0.5, 0.6) is 0 Å². The second kappa shape index (κ2) is 6.72. The van der Waals surface area contributed by atoms with Gasteiger partial charge in [-0.3, -0.25) is 4.79 Å². The van der Waals surface area contributed by atoms with Gasteiger partial charge in [0.15, 0.2) is 5.65 Å². The molecule has 140 valence electrons. The number of aromatic nitrogens is 5. The standard InChI is InChI=1S/C18H11F3N6O/c19-18(20,21)12-4-2-1-3-11(12)13-9-16-23-8-5-14(27(16)26-13)17(28)25-15-6-7-22-10-24-15/h1-10H,(H,22,24,25,28). The van der Waals surface area contributed by atoms with E-state index in [-0.39, 0.29) is 28.4 Å². The minimum atomic E-state index is -4.53. The number of nitrogens with zero attached hydrogens (tertiary/aromatic N) is 5. The molecule has 0 aliphatic heterocycles. The lowest BCUT2D eigenvalue weighted by Gasteiger charge is -2.10. The highest BCUT2D eigenvalue weighted by atomic mass is 19.4. The zero-order valence-electron chi connectivity index (χ0n) is 14.1. The number of benzene rings is 1. The van der Waals surface area contributed by atoms with E-state index in [1.54, 1.807) is 0 Å². The summed E-state index contributed by atoms with van der Waals surface area (Å²) in [5.41, 5.74) is -0.516. The molecule has 3 aromatic heterocycles. The number of hydrogen-bond donors (Lipinski definition) is 1. The largest absolute Gasteiger partial charge is 0.417 e. The molecule has 28 heavy (non-hydrogen) atoms. The Bertz CT molecular complexity index is 1160. The summed E-state index contributed by atoms with van der Waals surface area (Å²) in [7, 11) is 0. The van der Waals surface area contributed by atoms with E-state index in [0.717, 1.165) is 6.07 Å². The van der Waals surface area contributed by atoms with Crippen molar-refractivity contribution < 1.29 is 18.0 Å². The van der Waals surface area contributed by atoms with Crippen LogP contribution in [0.3, 0.4) is 0 Å². The highest BCUT2D eigenvalue weighted by Crippen LogP contribution is 2.36. The van der Waals surface area contributed by atoms with Crippen LogP contribution in [0.2, 0.25) is 0 Å². The predicted molar refractivity (Wildman–Crippen MR) is 93.4 cm³/mol. The number of carbonyl (C=O) groups is 1. The van der Waals surface area contributed by atoms with Gasteiger partial charge in [0.2, 0.25) is 0 Å². The Balaban J connectivity index is 1.78. The summed E-state index contributed by atoms with van der Waals surface area (Å²) in [4.78, 5) is 24.3. The third kappa shape index (κ3) is 3.27. The maximum atomic E-state index is 13.3. The summed E-state index contributed by atoms with van der Waals surface area (Å²) in [6, 6.07) is 9.42. The number of alkyl halides is 3. The summed E-state index contributed by atoms with van der Waals surface area (Å²) in [6.07, 6.45) is -0.416. The van der Waals surface area contributed by atoms with Crippen LogP contribution in [0.1, 0.15) is 16.1 Å². The zero-order chi connectivity index (χ0) is 19.7. The molecule has 7 nitrogen and oxygen atoms in total. The number of fused-ring (bicyclic) bond motifs is 1. The van der Waals surface area contributed by atoms with Gasteiger partial charge in [0.05, 0.1) is 11.3 Å². The van der Waals surface area contributed by atoms with Crippen molar-refractivity contribution in [3.05, 3.63) is 72.4 Å². The minimum Gasteiger partial charge on any atom is -0.305 e. The van der Waals surface area contributed by atoms with Gasteiger partial charge in [-0.1, -0.05) is 18.2 Å². The van der Waals surface area contributed by atoms with Gasteiger partial charge < -0.3 is 5.32 Å². The summed E-state index contributed by atoms with van der Waals surface area (Å²) in [5.74, 6) is -0.260. The molecule has 3 heterocycles. The van der Waals surface area contributed by atoms with Crippen molar-refractivity contribution >= 4 is 17.4 Å². The molecule has 1 amide bonds. The van der Waals surface area contributed by atoms with E-state index in [2.05, 4.69) is 25.4 Å². The molecule has 1 N–H and O–H groups in total. The van der Waals surface area contributed by atoms with Crippen LogP contribution in [0.25, 0.3) is 16.9 Å². The second-order valence-corrected chi connectivity index (χ2v) is 5.72. The van der Waals surface area contributed by atoms with Crippen LogP contribution < -0.4 is 5.32 Å². The third-order valence-corrected chi connectivity index (χ3v) is 3.92. The van der Waals surface area contributed by atoms with Crippen LogP contribution in [-0.2, 0) is 6.18 Å². The van der Waals surface area contributed by atoms with Crippen LogP contribution >= 0.6 is 0 Å². The summed E-state index contributed by atoms with van der Waals surface area (Å²) in [6.45, 7) is 0. The average Bonchev–Trinajstić information content (AvgIpc) is 3.12. The molecule has 0 unspecified atom stereocenters. The number of hydrogen-bond acceptors (Lipinski definition) is 5. The first-order valence-electron chi connectivity index (χ1n) is 8.02. The van der Waals surface area contributed by atoms with Crippen LogP contribution in [-0.4, -0.2) is 30.5 Å². The molecular weight excluding hydrogens is 373 g/mol. The molecule has 0 atom stereocenters. The molecule has 10 heteroatoms. The van der Waals surface area contributed by atoms with Gasteiger partial charge >= 0.3 is 6.18 Å². The Hall–Kier alpha value is -3.82. The number of anilines is 1. The first-order chi connectivity index (χ1) is 13.4. The van der Waals surface area contributed by atoms with E-state index < -0.39 is 17.6 Å². The Morgan fingerprint density at radius 1 is 1.04 bits per heavy atom. The van der Waals surface area contributed by atoms with E-state index in [4.69, 9.17) is 0 Å². The number of rotatable bonds is 3. The number of nitrogens with one attached hydrogen (secondary N) is 1. The van der Waals surface area contributed by atoms with Gasteiger partial charge in [0, 0.05) is 24.0 Å². The maximum Gasteiger partial charge on any atom is 0.417 e. The highest BCUT2D eigenvalue weighted by Gasteiger charge is 2.34. The highest BCUT2D eigenvalue weighted by molar-refractivity contribution is 6.02. The van der Waals surface area contributed by atoms with Gasteiger partial charge in [-0.15, -0.1) is 0 Å². The van der Waals surface area contributed by atoms with Crippen LogP contribution in [0.4, 0.5) is 19.0 Å². The van der Waals surface area contributed by atoms with Crippen LogP contribution in [0.15, 0.2) is 61.2 Å². The van der Waals surface area contributed by atoms with Gasteiger partial charge in [0.1, 0.15) is 17.8 Å². The van der Waals surface area contributed by atoms with E-state index in [9.17, 15) is 18.0 Å². The fraction of sp³-hybridized carbons (Fsp3) is 0.0556. The average molecular weight is 384 g/mol. The molecule has 4 rings (SSSR count).